The van der Waals surface area contributed by atoms with E-state index in [4.69, 9.17) is 4.74 Å². The molecule has 3 heterocycles. The van der Waals surface area contributed by atoms with Gasteiger partial charge in [-0.1, -0.05) is 6.07 Å². The standard InChI is InChI=1S/C18H25N5O2/c1-3-25-17-15(6-4-8-19-17)11-20-18(24)22-9-5-7-16(13-22)23-12-14(2)10-21-23/h4,6,8,10,12,16H,3,5,7,9,11,13H2,1-2H3,(H,20,24)/t16-/m0/s1. The third kappa shape index (κ3) is 4.29. The van der Waals surface area contributed by atoms with Crippen LogP contribution in [0.3, 0.4) is 0 Å². The predicted molar refractivity (Wildman–Crippen MR) is 94.4 cm³/mol. The van der Waals surface area contributed by atoms with E-state index in [-0.39, 0.29) is 12.1 Å². The van der Waals surface area contributed by atoms with Crippen LogP contribution in [-0.4, -0.2) is 45.4 Å². The summed E-state index contributed by atoms with van der Waals surface area (Å²) in [7, 11) is 0. The summed E-state index contributed by atoms with van der Waals surface area (Å²) in [6, 6.07) is 3.95. The maximum Gasteiger partial charge on any atom is 0.317 e. The summed E-state index contributed by atoms with van der Waals surface area (Å²) >= 11 is 0. The van der Waals surface area contributed by atoms with Gasteiger partial charge in [-0.2, -0.15) is 5.10 Å². The Balaban J connectivity index is 1.58. The molecule has 0 saturated carbocycles. The molecule has 0 radical (unpaired) electrons. The van der Waals surface area contributed by atoms with Crippen LogP contribution >= 0.6 is 0 Å². The number of nitrogens with zero attached hydrogens (tertiary/aromatic N) is 4. The third-order valence-electron chi connectivity index (χ3n) is 4.35. The zero-order chi connectivity index (χ0) is 17.6. The summed E-state index contributed by atoms with van der Waals surface area (Å²) in [6.45, 7) is 6.36. The topological polar surface area (TPSA) is 72.3 Å². The minimum absolute atomic E-state index is 0.0557. The van der Waals surface area contributed by atoms with Crippen LogP contribution in [0.25, 0.3) is 0 Å². The number of piperidine rings is 1. The van der Waals surface area contributed by atoms with Crippen molar-refractivity contribution >= 4 is 6.03 Å². The highest BCUT2D eigenvalue weighted by Gasteiger charge is 2.25. The molecule has 0 unspecified atom stereocenters. The van der Waals surface area contributed by atoms with Gasteiger partial charge in [0.2, 0.25) is 5.88 Å². The molecule has 0 spiro atoms. The molecule has 134 valence electrons. The Morgan fingerprint density at radius 3 is 3.12 bits per heavy atom. The lowest BCUT2D eigenvalue weighted by Crippen LogP contribution is -2.45. The van der Waals surface area contributed by atoms with Crippen LogP contribution in [0.5, 0.6) is 5.88 Å². The van der Waals surface area contributed by atoms with Crippen molar-refractivity contribution in [1.82, 2.24) is 25.0 Å². The molecule has 7 heteroatoms. The molecule has 1 aliphatic rings. The van der Waals surface area contributed by atoms with Crippen molar-refractivity contribution in [2.75, 3.05) is 19.7 Å². The van der Waals surface area contributed by atoms with Gasteiger partial charge in [-0.25, -0.2) is 9.78 Å². The molecule has 0 aliphatic carbocycles. The van der Waals surface area contributed by atoms with E-state index in [1.165, 1.54) is 0 Å². The van der Waals surface area contributed by atoms with E-state index in [1.807, 2.05) is 48.0 Å². The quantitative estimate of drug-likeness (QED) is 0.905. The highest BCUT2D eigenvalue weighted by atomic mass is 16.5. The first kappa shape index (κ1) is 17.3. The molecule has 1 N–H and O–H groups in total. The minimum Gasteiger partial charge on any atom is -0.478 e. The lowest BCUT2D eigenvalue weighted by Gasteiger charge is -2.32. The summed E-state index contributed by atoms with van der Waals surface area (Å²) in [5.41, 5.74) is 2.02. The Morgan fingerprint density at radius 1 is 1.48 bits per heavy atom. The smallest absolute Gasteiger partial charge is 0.317 e. The average Bonchev–Trinajstić information content (AvgIpc) is 3.07. The molecule has 2 amide bonds. The summed E-state index contributed by atoms with van der Waals surface area (Å²) in [6.07, 6.45) is 7.61. The number of hydrogen-bond acceptors (Lipinski definition) is 4. The summed E-state index contributed by atoms with van der Waals surface area (Å²) in [5, 5.41) is 7.37. The van der Waals surface area contributed by atoms with Gasteiger partial charge in [0, 0.05) is 37.6 Å². The number of aryl methyl sites for hydroxylation is 1. The fourth-order valence-corrected chi connectivity index (χ4v) is 3.10. The molecule has 1 atom stereocenters. The zero-order valence-electron chi connectivity index (χ0n) is 14.8. The Hall–Kier alpha value is -2.57. The highest BCUT2D eigenvalue weighted by Crippen LogP contribution is 2.21. The second-order valence-corrected chi connectivity index (χ2v) is 6.30. The fraction of sp³-hybridized carbons (Fsp3) is 0.500. The van der Waals surface area contributed by atoms with Crippen LogP contribution in [0.4, 0.5) is 4.79 Å². The highest BCUT2D eigenvalue weighted by molar-refractivity contribution is 5.74. The summed E-state index contributed by atoms with van der Waals surface area (Å²) < 4.78 is 7.48. The van der Waals surface area contributed by atoms with E-state index in [2.05, 4.69) is 15.4 Å². The van der Waals surface area contributed by atoms with Crippen molar-refractivity contribution < 1.29 is 9.53 Å². The number of urea groups is 1. The van der Waals surface area contributed by atoms with E-state index < -0.39 is 0 Å². The second kappa shape index (κ2) is 8.00. The average molecular weight is 343 g/mol. The van der Waals surface area contributed by atoms with Crippen LogP contribution in [0.1, 0.15) is 36.9 Å². The SMILES string of the molecule is CCOc1ncccc1CNC(=O)N1CCC[C@H](n2cc(C)cn2)C1. The molecule has 1 fully saturated rings. The first-order valence-corrected chi connectivity index (χ1v) is 8.77. The zero-order valence-corrected chi connectivity index (χ0v) is 14.8. The number of carbonyl (C=O) groups is 1. The van der Waals surface area contributed by atoms with Crippen LogP contribution < -0.4 is 10.1 Å². The number of carbonyl (C=O) groups excluding carboxylic acids is 1. The molecule has 25 heavy (non-hydrogen) atoms. The van der Waals surface area contributed by atoms with Gasteiger partial charge in [0.1, 0.15) is 0 Å². The Labute approximate surface area is 148 Å². The lowest BCUT2D eigenvalue weighted by atomic mass is 10.1. The van der Waals surface area contributed by atoms with E-state index in [1.54, 1.807) is 6.20 Å². The third-order valence-corrected chi connectivity index (χ3v) is 4.35. The van der Waals surface area contributed by atoms with Crippen molar-refractivity contribution in [3.8, 4) is 5.88 Å². The number of nitrogens with one attached hydrogen (secondary N) is 1. The number of rotatable bonds is 5. The van der Waals surface area contributed by atoms with Crippen LogP contribution in [-0.2, 0) is 6.54 Å². The van der Waals surface area contributed by atoms with Crippen molar-refractivity contribution in [3.63, 3.8) is 0 Å². The van der Waals surface area contributed by atoms with Gasteiger partial charge < -0.3 is 15.0 Å². The number of aromatic nitrogens is 3. The predicted octanol–water partition coefficient (Wildman–Crippen LogP) is 2.53. The molecular formula is C18H25N5O2. The molecule has 2 aromatic rings. The monoisotopic (exact) mass is 343 g/mol. The van der Waals surface area contributed by atoms with Crippen LogP contribution in [0.15, 0.2) is 30.7 Å². The maximum atomic E-state index is 12.5. The maximum absolute atomic E-state index is 12.5. The molecule has 0 bridgehead atoms. The fourth-order valence-electron chi connectivity index (χ4n) is 3.10. The Bertz CT molecular complexity index is 715. The van der Waals surface area contributed by atoms with Gasteiger partial charge in [-0.15, -0.1) is 0 Å². The van der Waals surface area contributed by atoms with E-state index >= 15 is 0 Å². The van der Waals surface area contributed by atoms with Gasteiger partial charge in [-0.3, -0.25) is 4.68 Å². The van der Waals surface area contributed by atoms with Crippen LogP contribution in [0, 0.1) is 6.92 Å². The molecule has 1 aliphatic heterocycles. The van der Waals surface area contributed by atoms with E-state index in [9.17, 15) is 4.79 Å². The van der Waals surface area contributed by atoms with Crippen molar-refractivity contribution in [1.29, 1.82) is 0 Å². The minimum atomic E-state index is -0.0557. The summed E-state index contributed by atoms with van der Waals surface area (Å²) in [5.74, 6) is 0.578. The lowest BCUT2D eigenvalue weighted by molar-refractivity contribution is 0.163. The molecule has 0 aromatic carbocycles. The van der Waals surface area contributed by atoms with Gasteiger partial charge in [-0.05, 0) is 38.3 Å². The van der Waals surface area contributed by atoms with Gasteiger partial charge in [0.05, 0.1) is 18.8 Å². The molecule has 2 aromatic heterocycles. The molecular weight excluding hydrogens is 318 g/mol. The normalized spacial score (nSPS) is 17.4. The Kier molecular flexibility index (Phi) is 5.53. The van der Waals surface area contributed by atoms with E-state index in [0.717, 1.165) is 30.5 Å². The number of likely N-dealkylation sites (tertiary alicyclic amines) is 1. The molecule has 7 nitrogen and oxygen atoms in total. The number of pyridine rings is 1. The Morgan fingerprint density at radius 2 is 2.36 bits per heavy atom. The van der Waals surface area contributed by atoms with Gasteiger partial charge in [0.15, 0.2) is 0 Å². The summed E-state index contributed by atoms with van der Waals surface area (Å²) in [4.78, 5) is 18.6. The van der Waals surface area contributed by atoms with Gasteiger partial charge in [0.25, 0.3) is 0 Å². The largest absolute Gasteiger partial charge is 0.478 e. The van der Waals surface area contributed by atoms with Crippen molar-refractivity contribution in [2.24, 2.45) is 0 Å². The number of amides is 2. The molecule has 1 saturated heterocycles. The van der Waals surface area contributed by atoms with E-state index in [0.29, 0.717) is 25.6 Å². The number of ether oxygens (including phenoxy) is 1. The van der Waals surface area contributed by atoms with Gasteiger partial charge >= 0.3 is 6.03 Å². The van der Waals surface area contributed by atoms with Crippen LogP contribution in [0.2, 0.25) is 0 Å². The van der Waals surface area contributed by atoms with Crippen molar-refractivity contribution in [3.05, 3.63) is 41.9 Å². The first-order valence-electron chi connectivity index (χ1n) is 8.77. The van der Waals surface area contributed by atoms with Crippen molar-refractivity contribution in [2.45, 2.75) is 39.3 Å². The number of hydrogen-bond donors (Lipinski definition) is 1. The second-order valence-electron chi connectivity index (χ2n) is 6.30. The first-order chi connectivity index (χ1) is 12.2. The molecule has 3 rings (SSSR count).